The van der Waals surface area contributed by atoms with Gasteiger partial charge >= 0.3 is 5.97 Å². The van der Waals surface area contributed by atoms with Gasteiger partial charge in [0.1, 0.15) is 6.54 Å². The lowest BCUT2D eigenvalue weighted by Gasteiger charge is -2.10. The second-order valence-corrected chi connectivity index (χ2v) is 5.10. The van der Waals surface area contributed by atoms with Crippen molar-refractivity contribution in [1.29, 1.82) is 0 Å². The Morgan fingerprint density at radius 3 is 2.95 bits per heavy atom. The summed E-state index contributed by atoms with van der Waals surface area (Å²) in [4.78, 5) is 28.8. The van der Waals surface area contributed by atoms with Crippen molar-refractivity contribution >= 4 is 27.4 Å². The number of aliphatic carboxylic acids is 1. The summed E-state index contributed by atoms with van der Waals surface area (Å²) in [6.45, 7) is 1.85. The standard InChI is InChI=1S/C11H14N4O3S/c1-3-4-7-5-8(16)15-10(12-7)19-11(13-15)14(2)6-9(17)18/h5H,3-4,6H2,1-2H3,(H,17,18). The van der Waals surface area contributed by atoms with Gasteiger partial charge in [-0.15, -0.1) is 5.10 Å². The predicted octanol–water partition coefficient (Wildman–Crippen LogP) is 0.624. The van der Waals surface area contributed by atoms with Crippen LogP contribution < -0.4 is 10.5 Å². The van der Waals surface area contributed by atoms with Crippen molar-refractivity contribution in [3.63, 3.8) is 0 Å². The maximum absolute atomic E-state index is 11.9. The SMILES string of the molecule is CCCc1cc(=O)n2nc(N(C)CC(=O)O)sc2n1. The number of fused-ring (bicyclic) bond motifs is 1. The van der Waals surface area contributed by atoms with Crippen molar-refractivity contribution in [2.24, 2.45) is 0 Å². The predicted molar refractivity (Wildman–Crippen MR) is 72.0 cm³/mol. The first kappa shape index (κ1) is 13.5. The average Bonchev–Trinajstić information content (AvgIpc) is 2.73. The highest BCUT2D eigenvalue weighted by Crippen LogP contribution is 2.20. The van der Waals surface area contributed by atoms with E-state index < -0.39 is 5.97 Å². The lowest BCUT2D eigenvalue weighted by Crippen LogP contribution is -2.25. The molecule has 0 radical (unpaired) electrons. The zero-order valence-electron chi connectivity index (χ0n) is 10.7. The molecule has 2 aromatic heterocycles. The Kier molecular flexibility index (Phi) is 3.79. The van der Waals surface area contributed by atoms with Gasteiger partial charge in [0, 0.05) is 18.8 Å². The minimum atomic E-state index is -0.950. The number of aromatic nitrogens is 3. The number of hydrogen-bond donors (Lipinski definition) is 1. The van der Waals surface area contributed by atoms with Crippen molar-refractivity contribution in [3.05, 3.63) is 22.1 Å². The number of carboxylic acids is 1. The Labute approximate surface area is 113 Å². The molecule has 0 saturated heterocycles. The topological polar surface area (TPSA) is 87.8 Å². The van der Waals surface area contributed by atoms with Gasteiger partial charge in [-0.2, -0.15) is 4.52 Å². The number of aryl methyl sites for hydroxylation is 1. The van der Waals surface area contributed by atoms with E-state index in [1.54, 1.807) is 7.05 Å². The van der Waals surface area contributed by atoms with Crippen molar-refractivity contribution < 1.29 is 9.90 Å². The highest BCUT2D eigenvalue weighted by molar-refractivity contribution is 7.20. The maximum Gasteiger partial charge on any atom is 0.323 e. The Balaban J connectivity index is 2.42. The average molecular weight is 282 g/mol. The largest absolute Gasteiger partial charge is 0.480 e. The van der Waals surface area contributed by atoms with Crippen LogP contribution in [0.25, 0.3) is 4.96 Å². The summed E-state index contributed by atoms with van der Waals surface area (Å²) in [6.07, 6.45) is 1.65. The van der Waals surface area contributed by atoms with Gasteiger partial charge in [0.25, 0.3) is 5.56 Å². The molecule has 102 valence electrons. The summed E-state index contributed by atoms with van der Waals surface area (Å²) in [7, 11) is 1.61. The van der Waals surface area contributed by atoms with Gasteiger partial charge in [0.05, 0.1) is 0 Å². The van der Waals surface area contributed by atoms with Gasteiger partial charge in [-0.1, -0.05) is 24.7 Å². The second-order valence-electron chi connectivity index (χ2n) is 4.16. The van der Waals surface area contributed by atoms with Crippen LogP contribution in [0.15, 0.2) is 10.9 Å². The number of anilines is 1. The normalized spacial score (nSPS) is 10.8. The molecule has 0 spiro atoms. The number of likely N-dealkylation sites (N-methyl/N-ethyl adjacent to an activating group) is 1. The van der Waals surface area contributed by atoms with Crippen molar-refractivity contribution in [1.82, 2.24) is 14.6 Å². The molecular weight excluding hydrogens is 268 g/mol. The van der Waals surface area contributed by atoms with Gasteiger partial charge in [-0.05, 0) is 6.42 Å². The molecule has 8 heteroatoms. The Hall–Kier alpha value is -1.96. The molecule has 0 fully saturated rings. The molecule has 19 heavy (non-hydrogen) atoms. The van der Waals surface area contributed by atoms with Gasteiger partial charge in [-0.3, -0.25) is 9.59 Å². The third-order valence-electron chi connectivity index (χ3n) is 2.49. The number of carboxylic acid groups (broad SMARTS) is 1. The first-order valence-electron chi connectivity index (χ1n) is 5.84. The van der Waals surface area contributed by atoms with Gasteiger partial charge < -0.3 is 10.0 Å². The van der Waals surface area contributed by atoms with E-state index >= 15 is 0 Å². The van der Waals surface area contributed by atoms with Crippen LogP contribution in [0, 0.1) is 0 Å². The molecule has 0 aliphatic carbocycles. The molecule has 0 unspecified atom stereocenters. The number of nitrogens with zero attached hydrogens (tertiary/aromatic N) is 4. The molecule has 0 atom stereocenters. The fraction of sp³-hybridized carbons (Fsp3) is 0.455. The van der Waals surface area contributed by atoms with E-state index in [9.17, 15) is 9.59 Å². The first-order valence-corrected chi connectivity index (χ1v) is 6.65. The Morgan fingerprint density at radius 2 is 2.32 bits per heavy atom. The van der Waals surface area contributed by atoms with E-state index in [0.29, 0.717) is 10.1 Å². The number of rotatable bonds is 5. The summed E-state index contributed by atoms with van der Waals surface area (Å²) >= 11 is 1.20. The van der Waals surface area contributed by atoms with Crippen molar-refractivity contribution in [2.75, 3.05) is 18.5 Å². The highest BCUT2D eigenvalue weighted by atomic mass is 32.1. The van der Waals surface area contributed by atoms with Crippen LogP contribution in [0.4, 0.5) is 5.13 Å². The third-order valence-corrected chi connectivity index (χ3v) is 3.52. The minimum Gasteiger partial charge on any atom is -0.480 e. The summed E-state index contributed by atoms with van der Waals surface area (Å²) in [5, 5.41) is 13.3. The molecular formula is C11H14N4O3S. The summed E-state index contributed by atoms with van der Waals surface area (Å²) in [6, 6.07) is 1.47. The van der Waals surface area contributed by atoms with Crippen molar-refractivity contribution in [2.45, 2.75) is 19.8 Å². The third kappa shape index (κ3) is 2.90. The van der Waals surface area contributed by atoms with Crippen LogP contribution in [-0.4, -0.2) is 39.3 Å². The summed E-state index contributed by atoms with van der Waals surface area (Å²) < 4.78 is 1.21. The molecule has 7 nitrogen and oxygen atoms in total. The van der Waals surface area contributed by atoms with E-state index in [4.69, 9.17) is 5.11 Å². The second kappa shape index (κ2) is 5.35. The van der Waals surface area contributed by atoms with Gasteiger partial charge in [0.2, 0.25) is 10.1 Å². The highest BCUT2D eigenvalue weighted by Gasteiger charge is 2.13. The fourth-order valence-electron chi connectivity index (χ4n) is 1.66. The van der Waals surface area contributed by atoms with Crippen LogP contribution >= 0.6 is 11.3 Å². The molecule has 2 heterocycles. The molecule has 2 rings (SSSR count). The molecule has 1 N–H and O–H groups in total. The zero-order chi connectivity index (χ0) is 14.0. The van der Waals surface area contributed by atoms with Crippen LogP contribution in [-0.2, 0) is 11.2 Å². The lowest BCUT2D eigenvalue weighted by atomic mass is 10.2. The summed E-state index contributed by atoms with van der Waals surface area (Å²) in [5.74, 6) is -0.950. The monoisotopic (exact) mass is 282 g/mol. The van der Waals surface area contributed by atoms with Crippen LogP contribution in [0.2, 0.25) is 0 Å². The van der Waals surface area contributed by atoms with E-state index in [0.717, 1.165) is 18.5 Å². The summed E-state index contributed by atoms with van der Waals surface area (Å²) in [5.41, 5.74) is 0.503. The number of hydrogen-bond acceptors (Lipinski definition) is 6. The fourth-order valence-corrected chi connectivity index (χ4v) is 2.54. The molecule has 2 aromatic rings. The quantitative estimate of drug-likeness (QED) is 0.865. The van der Waals surface area contributed by atoms with E-state index in [-0.39, 0.29) is 12.1 Å². The Bertz CT molecular complexity index is 663. The van der Waals surface area contributed by atoms with Crippen LogP contribution in [0.1, 0.15) is 19.0 Å². The van der Waals surface area contributed by atoms with Crippen LogP contribution in [0.3, 0.4) is 0 Å². The zero-order valence-corrected chi connectivity index (χ0v) is 11.5. The molecule has 0 amide bonds. The van der Waals surface area contributed by atoms with E-state index in [2.05, 4.69) is 10.1 Å². The minimum absolute atomic E-state index is 0.170. The van der Waals surface area contributed by atoms with Gasteiger partial charge in [0.15, 0.2) is 0 Å². The molecule has 0 bridgehead atoms. The Morgan fingerprint density at radius 1 is 1.58 bits per heavy atom. The molecule has 0 saturated carbocycles. The van der Waals surface area contributed by atoms with Crippen LogP contribution in [0.5, 0.6) is 0 Å². The lowest BCUT2D eigenvalue weighted by molar-refractivity contribution is -0.135. The smallest absolute Gasteiger partial charge is 0.323 e. The van der Waals surface area contributed by atoms with E-state index in [1.807, 2.05) is 6.92 Å². The number of carbonyl (C=O) groups is 1. The molecule has 0 aliphatic heterocycles. The molecule has 0 aromatic carbocycles. The molecule has 0 aliphatic rings. The maximum atomic E-state index is 11.9. The van der Waals surface area contributed by atoms with Gasteiger partial charge in [-0.25, -0.2) is 4.98 Å². The first-order chi connectivity index (χ1) is 9.01. The van der Waals surface area contributed by atoms with Crippen molar-refractivity contribution in [3.8, 4) is 0 Å². The van der Waals surface area contributed by atoms with E-state index in [1.165, 1.54) is 26.8 Å².